The lowest BCUT2D eigenvalue weighted by atomic mass is 9.88. The summed E-state index contributed by atoms with van der Waals surface area (Å²) in [5, 5.41) is 10.8. The number of terminal acetylenes is 1. The van der Waals surface area contributed by atoms with Crippen LogP contribution in [0.25, 0.3) is 0 Å². The fourth-order valence-corrected chi connectivity index (χ4v) is 3.94. The van der Waals surface area contributed by atoms with E-state index in [9.17, 15) is 9.90 Å². The van der Waals surface area contributed by atoms with Gasteiger partial charge < -0.3 is 10.0 Å². The molecule has 2 heterocycles. The molecule has 3 nitrogen and oxygen atoms in total. The molecule has 2 aromatic rings. The van der Waals surface area contributed by atoms with Crippen LogP contribution in [0.4, 0.5) is 0 Å². The van der Waals surface area contributed by atoms with Crippen molar-refractivity contribution in [1.29, 1.82) is 0 Å². The van der Waals surface area contributed by atoms with E-state index in [4.69, 9.17) is 6.42 Å². The van der Waals surface area contributed by atoms with Crippen LogP contribution >= 0.6 is 11.3 Å². The van der Waals surface area contributed by atoms with Gasteiger partial charge in [-0.3, -0.25) is 4.79 Å². The van der Waals surface area contributed by atoms with E-state index in [1.54, 1.807) is 11.9 Å². The highest BCUT2D eigenvalue weighted by Crippen LogP contribution is 2.41. The lowest BCUT2D eigenvalue weighted by molar-refractivity contribution is -0.128. The zero-order chi connectivity index (χ0) is 15.7. The van der Waals surface area contributed by atoms with E-state index in [0.717, 1.165) is 15.3 Å². The molecular weight excluding hydrogens is 294 g/mol. The van der Waals surface area contributed by atoms with Gasteiger partial charge in [0.1, 0.15) is 6.10 Å². The number of benzene rings is 1. The summed E-state index contributed by atoms with van der Waals surface area (Å²) < 4.78 is 0. The molecule has 0 aliphatic carbocycles. The normalized spacial score (nSPS) is 22.6. The molecular formula is C18H17NO2S. The minimum absolute atomic E-state index is 0.00918. The van der Waals surface area contributed by atoms with Gasteiger partial charge in [-0.05, 0) is 17.7 Å². The van der Waals surface area contributed by atoms with E-state index in [0.29, 0.717) is 6.42 Å². The van der Waals surface area contributed by atoms with Crippen LogP contribution in [0.1, 0.15) is 33.8 Å². The Bertz CT molecular complexity index is 716. The summed E-state index contributed by atoms with van der Waals surface area (Å²) in [7, 11) is 1.76. The van der Waals surface area contributed by atoms with Crippen LogP contribution in [-0.2, 0) is 4.79 Å². The fourth-order valence-electron chi connectivity index (χ4n) is 3.09. The molecule has 0 spiro atoms. The van der Waals surface area contributed by atoms with Crippen LogP contribution in [0.5, 0.6) is 0 Å². The van der Waals surface area contributed by atoms with Gasteiger partial charge in [0.05, 0.1) is 10.9 Å². The summed E-state index contributed by atoms with van der Waals surface area (Å²) in [5.74, 6) is 2.64. The Hall–Kier alpha value is -2.09. The molecule has 1 saturated heterocycles. The number of carbonyl (C=O) groups is 1. The number of likely N-dealkylation sites (N-methyl/N-ethyl adjacent to an activating group) is 1. The van der Waals surface area contributed by atoms with Gasteiger partial charge in [-0.15, -0.1) is 17.8 Å². The number of carbonyl (C=O) groups excluding carboxylic acids is 1. The third kappa shape index (κ3) is 2.54. The Labute approximate surface area is 134 Å². The molecule has 112 valence electrons. The lowest BCUT2D eigenvalue weighted by Crippen LogP contribution is -2.36. The van der Waals surface area contributed by atoms with Gasteiger partial charge in [0.2, 0.25) is 5.91 Å². The molecule has 3 atom stereocenters. The number of aliphatic hydroxyl groups excluding tert-OH is 1. The minimum atomic E-state index is -0.728. The molecule has 0 saturated carbocycles. The number of likely N-dealkylation sites (tertiary alicyclic amines) is 1. The van der Waals surface area contributed by atoms with Crippen LogP contribution in [0, 0.1) is 12.3 Å². The summed E-state index contributed by atoms with van der Waals surface area (Å²) in [4.78, 5) is 15.4. The number of hydrogen-bond acceptors (Lipinski definition) is 3. The standard InChI is InChI=1S/C18H17NO2S/c1-3-13-9-10-15(22-13)18(21)17-14(11-16(20)19(17)2)12-7-5-4-6-8-12/h1,4-10,14,17-18,21H,11H2,2H3/t14-,17-,18?/m1/s1. The van der Waals surface area contributed by atoms with Gasteiger partial charge in [0, 0.05) is 24.3 Å². The molecule has 4 heteroatoms. The second kappa shape index (κ2) is 5.96. The molecule has 1 aliphatic heterocycles. The SMILES string of the molecule is C#Cc1ccc(C(O)[C@H]2[C@@H](c3ccccc3)CC(=O)N2C)s1. The highest BCUT2D eigenvalue weighted by atomic mass is 32.1. The highest BCUT2D eigenvalue weighted by Gasteiger charge is 2.43. The van der Waals surface area contributed by atoms with Crippen molar-refractivity contribution < 1.29 is 9.90 Å². The Morgan fingerprint density at radius 1 is 1.32 bits per heavy atom. The average molecular weight is 311 g/mol. The topological polar surface area (TPSA) is 40.5 Å². The number of rotatable bonds is 3. The molecule has 1 aliphatic rings. The van der Waals surface area contributed by atoms with Gasteiger partial charge in [-0.25, -0.2) is 0 Å². The Kier molecular flexibility index (Phi) is 4.02. The largest absolute Gasteiger partial charge is 0.385 e. The Balaban J connectivity index is 1.94. The first-order valence-corrected chi connectivity index (χ1v) is 7.98. The molecule has 1 N–H and O–H groups in total. The number of aliphatic hydroxyl groups is 1. The van der Waals surface area contributed by atoms with E-state index in [1.807, 2.05) is 42.5 Å². The number of amides is 1. The van der Waals surface area contributed by atoms with Crippen LogP contribution in [0.3, 0.4) is 0 Å². The van der Waals surface area contributed by atoms with E-state index in [1.165, 1.54) is 11.3 Å². The van der Waals surface area contributed by atoms with Crippen molar-refractivity contribution in [3.8, 4) is 12.3 Å². The molecule has 1 amide bonds. The van der Waals surface area contributed by atoms with Gasteiger partial charge >= 0.3 is 0 Å². The van der Waals surface area contributed by atoms with Crippen LogP contribution in [0.2, 0.25) is 0 Å². The van der Waals surface area contributed by atoms with Gasteiger partial charge in [-0.2, -0.15) is 0 Å². The second-order valence-corrected chi connectivity index (χ2v) is 6.62. The van der Waals surface area contributed by atoms with Crippen molar-refractivity contribution in [3.63, 3.8) is 0 Å². The van der Waals surface area contributed by atoms with Crippen molar-refractivity contribution in [3.05, 3.63) is 57.8 Å². The van der Waals surface area contributed by atoms with Crippen molar-refractivity contribution in [2.75, 3.05) is 7.05 Å². The van der Waals surface area contributed by atoms with Crippen molar-refractivity contribution >= 4 is 17.2 Å². The molecule has 0 radical (unpaired) electrons. The maximum Gasteiger partial charge on any atom is 0.223 e. The van der Waals surface area contributed by atoms with Crippen molar-refractivity contribution in [2.24, 2.45) is 0 Å². The van der Waals surface area contributed by atoms with E-state index in [2.05, 4.69) is 5.92 Å². The predicted octanol–water partition coefficient (Wildman–Crippen LogP) is 2.78. The Morgan fingerprint density at radius 2 is 2.05 bits per heavy atom. The summed E-state index contributed by atoms with van der Waals surface area (Å²) >= 11 is 1.40. The molecule has 1 fully saturated rings. The van der Waals surface area contributed by atoms with Gasteiger partial charge in [0.15, 0.2) is 0 Å². The number of hydrogen-bond donors (Lipinski definition) is 1. The second-order valence-electron chi connectivity index (χ2n) is 5.51. The minimum Gasteiger partial charge on any atom is -0.385 e. The monoisotopic (exact) mass is 311 g/mol. The summed E-state index contributed by atoms with van der Waals surface area (Å²) in [6, 6.07) is 13.3. The van der Waals surface area contributed by atoms with E-state index < -0.39 is 6.10 Å². The molecule has 0 bridgehead atoms. The Morgan fingerprint density at radius 3 is 2.68 bits per heavy atom. The molecule has 1 unspecified atom stereocenters. The lowest BCUT2D eigenvalue weighted by Gasteiger charge is -2.29. The summed E-state index contributed by atoms with van der Waals surface area (Å²) in [6.07, 6.45) is 5.10. The van der Waals surface area contributed by atoms with E-state index in [-0.39, 0.29) is 17.9 Å². The number of thiophene rings is 1. The van der Waals surface area contributed by atoms with Crippen LogP contribution in [0.15, 0.2) is 42.5 Å². The quantitative estimate of drug-likeness (QED) is 0.886. The molecule has 1 aromatic carbocycles. The zero-order valence-corrected chi connectivity index (χ0v) is 13.1. The van der Waals surface area contributed by atoms with Gasteiger partial charge in [0.25, 0.3) is 0 Å². The maximum atomic E-state index is 12.2. The number of nitrogens with zero attached hydrogens (tertiary/aromatic N) is 1. The predicted molar refractivity (Wildman–Crippen MR) is 87.6 cm³/mol. The first-order chi connectivity index (χ1) is 10.6. The van der Waals surface area contributed by atoms with Gasteiger partial charge in [-0.1, -0.05) is 36.3 Å². The van der Waals surface area contributed by atoms with Crippen molar-refractivity contribution in [1.82, 2.24) is 4.90 Å². The maximum absolute atomic E-state index is 12.2. The summed E-state index contributed by atoms with van der Waals surface area (Å²) in [5.41, 5.74) is 1.08. The average Bonchev–Trinajstić information content (AvgIpc) is 3.13. The highest BCUT2D eigenvalue weighted by molar-refractivity contribution is 7.12. The third-order valence-electron chi connectivity index (χ3n) is 4.26. The first kappa shape index (κ1) is 14.8. The third-order valence-corrected chi connectivity index (χ3v) is 5.35. The van der Waals surface area contributed by atoms with E-state index >= 15 is 0 Å². The zero-order valence-electron chi connectivity index (χ0n) is 12.3. The van der Waals surface area contributed by atoms with Crippen molar-refractivity contribution in [2.45, 2.75) is 24.5 Å². The fraction of sp³-hybridized carbons (Fsp3) is 0.278. The molecule has 22 heavy (non-hydrogen) atoms. The molecule has 1 aromatic heterocycles. The van der Waals surface area contributed by atoms with Crippen LogP contribution < -0.4 is 0 Å². The first-order valence-electron chi connectivity index (χ1n) is 7.17. The smallest absolute Gasteiger partial charge is 0.223 e. The molecule has 3 rings (SSSR count). The van der Waals surface area contributed by atoms with Crippen LogP contribution in [-0.4, -0.2) is 29.0 Å². The summed E-state index contributed by atoms with van der Waals surface area (Å²) in [6.45, 7) is 0.